The first-order chi connectivity index (χ1) is 10.4. The van der Waals surface area contributed by atoms with Crippen LogP contribution in [0.25, 0.3) is 0 Å². The molecule has 0 amide bonds. The Morgan fingerprint density at radius 1 is 1.04 bits per heavy atom. The van der Waals surface area contributed by atoms with Crippen LogP contribution in [-0.2, 0) is 15.5 Å². The van der Waals surface area contributed by atoms with E-state index in [1.165, 1.54) is 13.0 Å². The van der Waals surface area contributed by atoms with Crippen LogP contribution in [-0.4, -0.2) is 18.3 Å². The average molecular weight is 326 g/mol. The summed E-state index contributed by atoms with van der Waals surface area (Å²) in [5.74, 6) is 0.324. The molecular formula is C17H22BF3O2. The van der Waals surface area contributed by atoms with Gasteiger partial charge in [-0.2, -0.15) is 13.2 Å². The molecule has 1 aromatic carbocycles. The van der Waals surface area contributed by atoms with Crippen LogP contribution in [0.2, 0.25) is 0 Å². The number of alkyl halides is 3. The van der Waals surface area contributed by atoms with Crippen molar-refractivity contribution in [1.82, 2.24) is 0 Å². The highest BCUT2D eigenvalue weighted by molar-refractivity contribution is 6.62. The van der Waals surface area contributed by atoms with Crippen molar-refractivity contribution in [3.8, 4) is 0 Å². The molecule has 1 saturated heterocycles. The van der Waals surface area contributed by atoms with Crippen LogP contribution in [0.4, 0.5) is 13.2 Å². The van der Waals surface area contributed by atoms with Gasteiger partial charge in [0.2, 0.25) is 0 Å². The van der Waals surface area contributed by atoms with Crippen molar-refractivity contribution >= 4 is 12.6 Å². The lowest BCUT2D eigenvalue weighted by molar-refractivity contribution is -0.138. The molecule has 2 fully saturated rings. The Hall–Kier alpha value is -1.01. The molecule has 0 spiro atoms. The Kier molecular flexibility index (Phi) is 3.66. The number of benzene rings is 1. The molecule has 2 aliphatic rings. The fourth-order valence-corrected chi connectivity index (χ4v) is 2.97. The van der Waals surface area contributed by atoms with Crippen molar-refractivity contribution in [2.75, 3.05) is 0 Å². The van der Waals surface area contributed by atoms with Gasteiger partial charge in [-0.05, 0) is 76.0 Å². The zero-order chi connectivity index (χ0) is 17.2. The number of rotatable bonds is 2. The lowest BCUT2D eigenvalue weighted by Gasteiger charge is -2.32. The summed E-state index contributed by atoms with van der Waals surface area (Å²) in [6, 6.07) is 2.89. The average Bonchev–Trinajstić information content (AvgIpc) is 3.16. The Morgan fingerprint density at radius 2 is 1.57 bits per heavy atom. The third-order valence-corrected chi connectivity index (χ3v) is 5.26. The highest BCUT2D eigenvalue weighted by Gasteiger charge is 2.53. The minimum Gasteiger partial charge on any atom is -0.399 e. The molecule has 0 radical (unpaired) electrons. The minimum absolute atomic E-state index is 0.264. The molecule has 1 aromatic rings. The van der Waals surface area contributed by atoms with Crippen LogP contribution in [0.15, 0.2) is 12.1 Å². The summed E-state index contributed by atoms with van der Waals surface area (Å²) < 4.78 is 51.8. The fourth-order valence-electron chi connectivity index (χ4n) is 2.97. The highest BCUT2D eigenvalue weighted by atomic mass is 19.4. The van der Waals surface area contributed by atoms with Gasteiger partial charge in [-0.25, -0.2) is 0 Å². The standard InChI is InChI=1S/C17H22BF3O2/c1-10-8-12(11-6-7-11)14(9-13(10)17(19,20)21)18-22-15(2,3)16(4,5)23-18/h8-9,11H,6-7H2,1-5H3. The zero-order valence-electron chi connectivity index (χ0n) is 14.2. The maximum atomic E-state index is 13.3. The molecule has 2 nitrogen and oxygen atoms in total. The second kappa shape index (κ2) is 4.99. The molecule has 3 rings (SSSR count). The first-order valence-electron chi connectivity index (χ1n) is 8.00. The Labute approximate surface area is 135 Å². The minimum atomic E-state index is -4.37. The summed E-state index contributed by atoms with van der Waals surface area (Å²) in [5, 5.41) is 0. The third kappa shape index (κ3) is 2.91. The molecule has 0 atom stereocenters. The van der Waals surface area contributed by atoms with E-state index < -0.39 is 30.1 Å². The largest absolute Gasteiger partial charge is 0.495 e. The van der Waals surface area contributed by atoms with Crippen LogP contribution in [0, 0.1) is 6.92 Å². The molecule has 126 valence electrons. The van der Waals surface area contributed by atoms with Crippen LogP contribution in [0.1, 0.15) is 63.1 Å². The zero-order valence-corrected chi connectivity index (χ0v) is 14.2. The summed E-state index contributed by atoms with van der Waals surface area (Å²) >= 11 is 0. The van der Waals surface area contributed by atoms with E-state index in [2.05, 4.69) is 0 Å². The summed E-state index contributed by atoms with van der Waals surface area (Å²) in [6.45, 7) is 9.14. The summed E-state index contributed by atoms with van der Waals surface area (Å²) in [4.78, 5) is 0. The summed E-state index contributed by atoms with van der Waals surface area (Å²) in [6.07, 6.45) is -2.35. The molecule has 1 aliphatic carbocycles. The second-order valence-electron chi connectivity index (χ2n) is 7.66. The van der Waals surface area contributed by atoms with Gasteiger partial charge in [0, 0.05) is 0 Å². The SMILES string of the molecule is Cc1cc(C2CC2)c(B2OC(C)(C)C(C)(C)O2)cc1C(F)(F)F. The van der Waals surface area contributed by atoms with Gasteiger partial charge in [-0.15, -0.1) is 0 Å². The third-order valence-electron chi connectivity index (χ3n) is 5.26. The molecule has 0 unspecified atom stereocenters. The van der Waals surface area contributed by atoms with E-state index in [1.54, 1.807) is 6.07 Å². The first-order valence-corrected chi connectivity index (χ1v) is 8.00. The van der Waals surface area contributed by atoms with Crippen molar-refractivity contribution in [3.05, 3.63) is 28.8 Å². The molecule has 1 heterocycles. The normalized spacial score (nSPS) is 23.4. The van der Waals surface area contributed by atoms with Gasteiger partial charge in [0.05, 0.1) is 16.8 Å². The van der Waals surface area contributed by atoms with Crippen molar-refractivity contribution in [1.29, 1.82) is 0 Å². The smallest absolute Gasteiger partial charge is 0.399 e. The first kappa shape index (κ1) is 16.8. The molecule has 0 N–H and O–H groups in total. The molecular weight excluding hydrogens is 304 g/mol. The van der Waals surface area contributed by atoms with Crippen LogP contribution in [0.5, 0.6) is 0 Å². The predicted molar refractivity (Wildman–Crippen MR) is 83.9 cm³/mol. The Balaban J connectivity index is 2.07. The van der Waals surface area contributed by atoms with Gasteiger partial charge in [0.25, 0.3) is 0 Å². The molecule has 1 saturated carbocycles. The van der Waals surface area contributed by atoms with Crippen LogP contribution < -0.4 is 5.46 Å². The van der Waals surface area contributed by atoms with E-state index >= 15 is 0 Å². The van der Waals surface area contributed by atoms with Gasteiger partial charge >= 0.3 is 13.3 Å². The second-order valence-corrected chi connectivity index (χ2v) is 7.66. The van der Waals surface area contributed by atoms with E-state index in [0.29, 0.717) is 11.4 Å². The Morgan fingerprint density at radius 3 is 2.00 bits per heavy atom. The Bertz CT molecular complexity index is 617. The van der Waals surface area contributed by atoms with Crippen molar-refractivity contribution < 1.29 is 22.5 Å². The number of aryl methyl sites for hydroxylation is 1. The summed E-state index contributed by atoms with van der Waals surface area (Å²) in [7, 11) is -0.752. The maximum Gasteiger partial charge on any atom is 0.495 e. The van der Waals surface area contributed by atoms with E-state index in [4.69, 9.17) is 9.31 Å². The topological polar surface area (TPSA) is 18.5 Å². The van der Waals surface area contributed by atoms with Crippen molar-refractivity contribution in [2.24, 2.45) is 0 Å². The van der Waals surface area contributed by atoms with Gasteiger partial charge in [-0.1, -0.05) is 6.07 Å². The quantitative estimate of drug-likeness (QED) is 0.759. The van der Waals surface area contributed by atoms with Crippen molar-refractivity contribution in [2.45, 2.75) is 70.8 Å². The predicted octanol–water partition coefficient (Wildman–Crippen LogP) is 4.19. The fraction of sp³-hybridized carbons (Fsp3) is 0.647. The van der Waals surface area contributed by atoms with E-state index in [0.717, 1.165) is 18.4 Å². The van der Waals surface area contributed by atoms with E-state index in [-0.39, 0.29) is 5.56 Å². The lowest BCUT2D eigenvalue weighted by atomic mass is 9.73. The van der Waals surface area contributed by atoms with Gasteiger partial charge in [0.1, 0.15) is 0 Å². The number of halogens is 3. The highest BCUT2D eigenvalue weighted by Crippen LogP contribution is 2.43. The molecule has 6 heteroatoms. The number of hydrogen-bond donors (Lipinski definition) is 0. The van der Waals surface area contributed by atoms with Crippen LogP contribution in [0.3, 0.4) is 0 Å². The van der Waals surface area contributed by atoms with Gasteiger partial charge in [-0.3, -0.25) is 0 Å². The van der Waals surface area contributed by atoms with Crippen LogP contribution >= 0.6 is 0 Å². The summed E-state index contributed by atoms with van der Waals surface area (Å²) in [5.41, 5.74) is -0.00635. The molecule has 0 bridgehead atoms. The van der Waals surface area contributed by atoms with Gasteiger partial charge in [0.15, 0.2) is 0 Å². The van der Waals surface area contributed by atoms with E-state index in [9.17, 15) is 13.2 Å². The number of hydrogen-bond acceptors (Lipinski definition) is 2. The molecule has 0 aromatic heterocycles. The molecule has 1 aliphatic heterocycles. The van der Waals surface area contributed by atoms with E-state index in [1.807, 2.05) is 27.7 Å². The monoisotopic (exact) mass is 326 g/mol. The maximum absolute atomic E-state index is 13.3. The molecule has 23 heavy (non-hydrogen) atoms. The lowest BCUT2D eigenvalue weighted by Crippen LogP contribution is -2.41. The van der Waals surface area contributed by atoms with Crippen molar-refractivity contribution in [3.63, 3.8) is 0 Å². The van der Waals surface area contributed by atoms with Gasteiger partial charge < -0.3 is 9.31 Å².